The van der Waals surface area contributed by atoms with Gasteiger partial charge in [0.05, 0.1) is 10.7 Å². The van der Waals surface area contributed by atoms with Crippen molar-refractivity contribution in [2.45, 2.75) is 12.5 Å². The number of carbonyl (C=O) groups is 1. The molecule has 1 fully saturated rings. The van der Waals surface area contributed by atoms with E-state index in [9.17, 15) is 4.79 Å². The molecule has 0 spiro atoms. The van der Waals surface area contributed by atoms with Gasteiger partial charge in [-0.2, -0.15) is 5.10 Å². The maximum absolute atomic E-state index is 12.3. The van der Waals surface area contributed by atoms with Crippen LogP contribution >= 0.6 is 11.6 Å². The highest BCUT2D eigenvalue weighted by atomic mass is 35.5. The van der Waals surface area contributed by atoms with Gasteiger partial charge in [-0.3, -0.25) is 9.48 Å². The van der Waals surface area contributed by atoms with E-state index in [4.69, 9.17) is 21.1 Å². The fourth-order valence-corrected chi connectivity index (χ4v) is 3.94. The van der Waals surface area contributed by atoms with Crippen molar-refractivity contribution >= 4 is 17.5 Å². The molecule has 0 unspecified atom stereocenters. The molecule has 3 aromatic rings. The van der Waals surface area contributed by atoms with Crippen molar-refractivity contribution in [2.24, 2.45) is 13.0 Å². The average Bonchev–Trinajstić information content (AvgIpc) is 3.40. The van der Waals surface area contributed by atoms with E-state index in [1.54, 1.807) is 12.3 Å². The van der Waals surface area contributed by atoms with Crippen LogP contribution in [-0.4, -0.2) is 35.4 Å². The van der Waals surface area contributed by atoms with Gasteiger partial charge in [0.2, 0.25) is 0 Å². The lowest BCUT2D eigenvalue weighted by molar-refractivity contribution is -0.123. The summed E-state index contributed by atoms with van der Waals surface area (Å²) in [5.74, 6) is 0.510. The van der Waals surface area contributed by atoms with Crippen molar-refractivity contribution in [2.75, 3.05) is 19.8 Å². The number of benzene rings is 2. The summed E-state index contributed by atoms with van der Waals surface area (Å²) in [5.41, 5.74) is 3.10. The number of aryl methyl sites for hydroxylation is 1. The molecule has 30 heavy (non-hydrogen) atoms. The average molecular weight is 426 g/mol. The van der Waals surface area contributed by atoms with Crippen molar-refractivity contribution in [1.82, 2.24) is 15.1 Å². The van der Waals surface area contributed by atoms with Crippen LogP contribution in [0.2, 0.25) is 5.02 Å². The van der Waals surface area contributed by atoms with Gasteiger partial charge in [0.15, 0.2) is 6.61 Å². The molecule has 0 radical (unpaired) electrons. The molecule has 1 amide bonds. The van der Waals surface area contributed by atoms with Gasteiger partial charge in [-0.05, 0) is 35.7 Å². The van der Waals surface area contributed by atoms with Gasteiger partial charge in [-0.1, -0.05) is 48.0 Å². The van der Waals surface area contributed by atoms with Crippen molar-refractivity contribution in [3.05, 3.63) is 71.5 Å². The summed E-state index contributed by atoms with van der Waals surface area (Å²) >= 11 is 6.35. The topological polar surface area (TPSA) is 65.4 Å². The zero-order chi connectivity index (χ0) is 20.9. The Labute approximate surface area is 180 Å². The van der Waals surface area contributed by atoms with E-state index in [0.29, 0.717) is 23.9 Å². The molecule has 4 rings (SSSR count). The van der Waals surface area contributed by atoms with Crippen LogP contribution in [0.3, 0.4) is 0 Å². The maximum Gasteiger partial charge on any atom is 0.257 e. The number of hydrogen-bond acceptors (Lipinski definition) is 4. The Kier molecular flexibility index (Phi) is 6.35. The Bertz CT molecular complexity index is 1010. The van der Waals surface area contributed by atoms with Crippen molar-refractivity contribution < 1.29 is 14.3 Å². The lowest BCUT2D eigenvalue weighted by Crippen LogP contribution is -2.34. The first kappa shape index (κ1) is 20.4. The van der Waals surface area contributed by atoms with Gasteiger partial charge in [0.1, 0.15) is 11.9 Å². The third-order valence-electron chi connectivity index (χ3n) is 5.32. The minimum atomic E-state index is -0.186. The Morgan fingerprint density at radius 2 is 2.07 bits per heavy atom. The molecule has 1 saturated heterocycles. The highest BCUT2D eigenvalue weighted by Gasteiger charge is 2.31. The zero-order valence-electron chi connectivity index (χ0n) is 16.8. The number of amides is 1. The summed E-state index contributed by atoms with van der Waals surface area (Å²) in [6.45, 7) is 1.11. The molecule has 1 N–H and O–H groups in total. The van der Waals surface area contributed by atoms with Gasteiger partial charge >= 0.3 is 0 Å². The monoisotopic (exact) mass is 425 g/mol. The van der Waals surface area contributed by atoms with Gasteiger partial charge in [-0.15, -0.1) is 0 Å². The van der Waals surface area contributed by atoms with Crippen molar-refractivity contribution in [3.63, 3.8) is 0 Å². The molecule has 0 bridgehead atoms. The number of halogens is 1. The molecule has 6 nitrogen and oxygen atoms in total. The minimum Gasteiger partial charge on any atom is -0.482 e. The summed E-state index contributed by atoms with van der Waals surface area (Å²) in [6.07, 6.45) is 2.59. The first-order valence-corrected chi connectivity index (χ1v) is 10.3. The molecular formula is C23H24ClN3O3. The normalized spacial score (nSPS) is 18.3. The first-order chi connectivity index (χ1) is 14.6. The number of rotatable bonds is 7. The van der Waals surface area contributed by atoms with Gasteiger partial charge in [0, 0.05) is 32.3 Å². The first-order valence-electron chi connectivity index (χ1n) is 9.96. The molecule has 2 atom stereocenters. The largest absolute Gasteiger partial charge is 0.482 e. The van der Waals surface area contributed by atoms with Crippen LogP contribution in [0.15, 0.2) is 60.8 Å². The van der Waals surface area contributed by atoms with Gasteiger partial charge in [0.25, 0.3) is 5.91 Å². The molecule has 0 aliphatic carbocycles. The molecule has 156 valence electrons. The van der Waals surface area contributed by atoms with E-state index in [2.05, 4.69) is 10.4 Å². The van der Waals surface area contributed by atoms with E-state index in [-0.39, 0.29) is 24.5 Å². The van der Waals surface area contributed by atoms with E-state index >= 15 is 0 Å². The van der Waals surface area contributed by atoms with Crippen LogP contribution in [0.1, 0.15) is 18.2 Å². The van der Waals surface area contributed by atoms with Crippen LogP contribution in [0, 0.1) is 5.92 Å². The van der Waals surface area contributed by atoms with E-state index in [1.807, 2.05) is 60.3 Å². The van der Waals surface area contributed by atoms with Crippen LogP contribution in [0.5, 0.6) is 5.75 Å². The molecule has 0 saturated carbocycles. The van der Waals surface area contributed by atoms with E-state index in [0.717, 1.165) is 23.2 Å². The van der Waals surface area contributed by atoms with Crippen molar-refractivity contribution in [3.8, 4) is 16.9 Å². The van der Waals surface area contributed by atoms with Crippen LogP contribution in [-0.2, 0) is 16.6 Å². The minimum absolute atomic E-state index is 0.0568. The number of nitrogens with one attached hydrogen (secondary N) is 1. The van der Waals surface area contributed by atoms with E-state index < -0.39 is 0 Å². The Morgan fingerprint density at radius 1 is 1.23 bits per heavy atom. The Morgan fingerprint density at radius 3 is 2.80 bits per heavy atom. The Hall–Kier alpha value is -2.83. The number of ether oxygens (including phenoxy) is 2. The van der Waals surface area contributed by atoms with Crippen LogP contribution in [0.25, 0.3) is 11.1 Å². The summed E-state index contributed by atoms with van der Waals surface area (Å²) in [7, 11) is 1.90. The second-order valence-electron chi connectivity index (χ2n) is 7.32. The lowest BCUT2D eigenvalue weighted by atomic mass is 9.99. The second kappa shape index (κ2) is 9.32. The fraction of sp³-hybridized carbons (Fsp3) is 0.304. The number of hydrogen-bond donors (Lipinski definition) is 1. The van der Waals surface area contributed by atoms with Crippen LogP contribution in [0.4, 0.5) is 0 Å². The molecule has 1 aromatic heterocycles. The smallest absolute Gasteiger partial charge is 0.257 e. The molecular weight excluding hydrogens is 402 g/mol. The van der Waals surface area contributed by atoms with Gasteiger partial charge < -0.3 is 14.8 Å². The van der Waals surface area contributed by atoms with E-state index in [1.165, 1.54) is 0 Å². The molecule has 2 aromatic carbocycles. The Balaban J connectivity index is 1.29. The zero-order valence-corrected chi connectivity index (χ0v) is 17.5. The summed E-state index contributed by atoms with van der Waals surface area (Å²) < 4.78 is 13.3. The second-order valence-corrected chi connectivity index (χ2v) is 7.73. The maximum atomic E-state index is 12.3. The predicted molar refractivity (Wildman–Crippen MR) is 115 cm³/mol. The third kappa shape index (κ3) is 4.66. The highest BCUT2D eigenvalue weighted by molar-refractivity contribution is 6.32. The molecule has 1 aliphatic heterocycles. The van der Waals surface area contributed by atoms with Crippen LogP contribution < -0.4 is 10.1 Å². The summed E-state index contributed by atoms with van der Waals surface area (Å²) in [4.78, 5) is 12.3. The molecule has 1 aliphatic rings. The number of aromatic nitrogens is 2. The third-order valence-corrected chi connectivity index (χ3v) is 5.62. The summed E-state index contributed by atoms with van der Waals surface area (Å²) in [5, 5.41) is 7.63. The SMILES string of the molecule is Cn1nccc1[C@@H]1OCC[C@H]1CNC(=O)COc1ccc(-c2ccccc2)cc1Cl. The highest BCUT2D eigenvalue weighted by Crippen LogP contribution is 2.34. The van der Waals surface area contributed by atoms with Gasteiger partial charge in [-0.25, -0.2) is 0 Å². The molecule has 7 heteroatoms. The lowest BCUT2D eigenvalue weighted by Gasteiger charge is -2.19. The van der Waals surface area contributed by atoms with Crippen molar-refractivity contribution in [1.29, 1.82) is 0 Å². The quantitative estimate of drug-likeness (QED) is 0.621. The number of nitrogens with zero attached hydrogens (tertiary/aromatic N) is 2. The fourth-order valence-electron chi connectivity index (χ4n) is 3.70. The molecule has 2 heterocycles. The standard InChI is InChI=1S/C23H24ClN3O3/c1-27-20(9-11-26-27)23-18(10-12-29-23)14-25-22(28)15-30-21-8-7-17(13-19(21)24)16-5-3-2-4-6-16/h2-9,11,13,18,23H,10,12,14-15H2,1H3,(H,25,28)/t18-,23+/m0/s1. The number of carbonyl (C=O) groups excluding carboxylic acids is 1. The predicted octanol–water partition coefficient (Wildman–Crippen LogP) is 4.01. The summed E-state index contributed by atoms with van der Waals surface area (Å²) in [6, 6.07) is 17.5.